The minimum atomic E-state index is -0.881. The largest absolute Gasteiger partial charge is 0.452 e. The first-order chi connectivity index (χ1) is 7.90. The van der Waals surface area contributed by atoms with Crippen molar-refractivity contribution in [3.05, 3.63) is 34.9 Å². The van der Waals surface area contributed by atoms with Crippen molar-refractivity contribution in [2.24, 2.45) is 5.73 Å². The van der Waals surface area contributed by atoms with Crippen molar-refractivity contribution in [2.45, 2.75) is 33.3 Å². The van der Waals surface area contributed by atoms with E-state index in [9.17, 15) is 9.59 Å². The van der Waals surface area contributed by atoms with E-state index in [0.717, 1.165) is 11.1 Å². The van der Waals surface area contributed by atoms with Crippen molar-refractivity contribution in [2.75, 3.05) is 0 Å². The molecule has 0 spiro atoms. The Morgan fingerprint density at radius 3 is 2.47 bits per heavy atom. The topological polar surface area (TPSA) is 69.4 Å². The van der Waals surface area contributed by atoms with Gasteiger partial charge in [-0.2, -0.15) is 0 Å². The van der Waals surface area contributed by atoms with Gasteiger partial charge in [-0.3, -0.25) is 9.59 Å². The third-order valence-electron chi connectivity index (χ3n) is 2.63. The van der Waals surface area contributed by atoms with E-state index in [0.29, 0.717) is 0 Å². The van der Waals surface area contributed by atoms with Gasteiger partial charge < -0.3 is 10.5 Å². The summed E-state index contributed by atoms with van der Waals surface area (Å²) in [5, 5.41) is 0. The quantitative estimate of drug-likeness (QED) is 0.799. The molecule has 0 fully saturated rings. The Morgan fingerprint density at radius 2 is 1.94 bits per heavy atom. The average Bonchev–Trinajstić information content (AvgIpc) is 2.23. The number of primary amides is 1. The summed E-state index contributed by atoms with van der Waals surface area (Å²) in [6, 6.07) is 5.76. The standard InChI is InChI=1S/C13H17NO3/c1-8-4-5-11(6-9(8)2)7-12(15)17-10(3)13(14)16/h4-6,10H,7H2,1-3H3,(H2,14,16)/t10-/m1/s1. The third-order valence-corrected chi connectivity index (χ3v) is 2.63. The van der Waals surface area contributed by atoms with Crippen LogP contribution in [0.4, 0.5) is 0 Å². The van der Waals surface area contributed by atoms with Crippen molar-refractivity contribution >= 4 is 11.9 Å². The van der Waals surface area contributed by atoms with Crippen LogP contribution in [0, 0.1) is 13.8 Å². The normalized spacial score (nSPS) is 11.9. The van der Waals surface area contributed by atoms with Gasteiger partial charge in [0.05, 0.1) is 6.42 Å². The molecule has 0 aliphatic carbocycles. The highest BCUT2D eigenvalue weighted by Crippen LogP contribution is 2.11. The van der Waals surface area contributed by atoms with Crippen LogP contribution in [-0.4, -0.2) is 18.0 Å². The molecule has 1 atom stereocenters. The van der Waals surface area contributed by atoms with Gasteiger partial charge in [-0.15, -0.1) is 0 Å². The van der Waals surface area contributed by atoms with Crippen LogP contribution in [0.3, 0.4) is 0 Å². The minimum absolute atomic E-state index is 0.152. The van der Waals surface area contributed by atoms with Crippen molar-refractivity contribution in [1.82, 2.24) is 0 Å². The van der Waals surface area contributed by atoms with E-state index in [-0.39, 0.29) is 6.42 Å². The molecule has 92 valence electrons. The molecule has 0 radical (unpaired) electrons. The average molecular weight is 235 g/mol. The molecule has 0 saturated carbocycles. The second-order valence-corrected chi connectivity index (χ2v) is 4.13. The maximum Gasteiger partial charge on any atom is 0.311 e. The molecule has 0 aliphatic heterocycles. The molecule has 1 amide bonds. The summed E-state index contributed by atoms with van der Waals surface area (Å²) in [4.78, 5) is 22.2. The zero-order chi connectivity index (χ0) is 13.0. The van der Waals surface area contributed by atoms with E-state index in [1.807, 2.05) is 32.0 Å². The Balaban J connectivity index is 2.62. The molecule has 1 rings (SSSR count). The Kier molecular flexibility index (Phi) is 4.26. The Hall–Kier alpha value is -1.84. The van der Waals surface area contributed by atoms with Crippen LogP contribution in [0.25, 0.3) is 0 Å². The van der Waals surface area contributed by atoms with Gasteiger partial charge in [0.1, 0.15) is 0 Å². The highest BCUT2D eigenvalue weighted by Gasteiger charge is 2.14. The third kappa shape index (κ3) is 3.90. The van der Waals surface area contributed by atoms with Crippen LogP contribution >= 0.6 is 0 Å². The molecule has 0 aliphatic rings. The van der Waals surface area contributed by atoms with Crippen LogP contribution in [0.2, 0.25) is 0 Å². The van der Waals surface area contributed by atoms with Crippen LogP contribution in [-0.2, 0) is 20.7 Å². The number of amides is 1. The van der Waals surface area contributed by atoms with Gasteiger partial charge in [0.15, 0.2) is 6.10 Å². The lowest BCUT2D eigenvalue weighted by molar-refractivity contribution is -0.153. The molecule has 0 unspecified atom stereocenters. The first-order valence-electron chi connectivity index (χ1n) is 5.45. The Bertz CT molecular complexity index is 440. The number of esters is 1. The summed E-state index contributed by atoms with van der Waals surface area (Å²) in [5.74, 6) is -1.09. The Labute approximate surface area is 101 Å². The molecule has 2 N–H and O–H groups in total. The van der Waals surface area contributed by atoms with Gasteiger partial charge in [0.25, 0.3) is 5.91 Å². The van der Waals surface area contributed by atoms with Gasteiger partial charge in [-0.25, -0.2) is 0 Å². The van der Waals surface area contributed by atoms with Crippen LogP contribution in [0.15, 0.2) is 18.2 Å². The maximum atomic E-state index is 11.5. The van der Waals surface area contributed by atoms with Gasteiger partial charge in [-0.05, 0) is 37.5 Å². The number of aryl methyl sites for hydroxylation is 2. The summed E-state index contributed by atoms with van der Waals surface area (Å²) in [6.45, 7) is 5.45. The monoisotopic (exact) mass is 235 g/mol. The molecule has 17 heavy (non-hydrogen) atoms. The summed E-state index contributed by atoms with van der Waals surface area (Å²) in [6.07, 6.45) is -0.729. The first-order valence-corrected chi connectivity index (χ1v) is 5.45. The lowest BCUT2D eigenvalue weighted by atomic mass is 10.0. The van der Waals surface area contributed by atoms with Crippen LogP contribution < -0.4 is 5.73 Å². The van der Waals surface area contributed by atoms with Crippen molar-refractivity contribution in [3.63, 3.8) is 0 Å². The molecule has 4 heteroatoms. The number of hydrogen-bond acceptors (Lipinski definition) is 3. The number of carbonyl (C=O) groups is 2. The van der Waals surface area contributed by atoms with Crippen LogP contribution in [0.5, 0.6) is 0 Å². The zero-order valence-electron chi connectivity index (χ0n) is 10.3. The minimum Gasteiger partial charge on any atom is -0.452 e. The fourth-order valence-corrected chi connectivity index (χ4v) is 1.38. The highest BCUT2D eigenvalue weighted by atomic mass is 16.5. The fourth-order valence-electron chi connectivity index (χ4n) is 1.38. The van der Waals surface area contributed by atoms with Crippen LogP contribution in [0.1, 0.15) is 23.6 Å². The van der Waals surface area contributed by atoms with Gasteiger partial charge in [0.2, 0.25) is 0 Å². The van der Waals surface area contributed by atoms with Gasteiger partial charge >= 0.3 is 5.97 Å². The zero-order valence-corrected chi connectivity index (χ0v) is 10.3. The summed E-state index contributed by atoms with van der Waals surface area (Å²) < 4.78 is 4.87. The number of nitrogens with two attached hydrogens (primary N) is 1. The van der Waals surface area contributed by atoms with E-state index >= 15 is 0 Å². The fraction of sp³-hybridized carbons (Fsp3) is 0.385. The van der Waals surface area contributed by atoms with Crippen molar-refractivity contribution in [3.8, 4) is 0 Å². The Morgan fingerprint density at radius 1 is 1.29 bits per heavy atom. The molecule has 0 aromatic heterocycles. The molecular formula is C13H17NO3. The molecule has 0 bridgehead atoms. The smallest absolute Gasteiger partial charge is 0.311 e. The number of carbonyl (C=O) groups excluding carboxylic acids is 2. The van der Waals surface area contributed by atoms with E-state index < -0.39 is 18.0 Å². The predicted molar refractivity (Wildman–Crippen MR) is 64.4 cm³/mol. The molecule has 1 aromatic rings. The lowest BCUT2D eigenvalue weighted by Crippen LogP contribution is -2.30. The number of hydrogen-bond donors (Lipinski definition) is 1. The predicted octanol–water partition coefficient (Wildman–Crippen LogP) is 1.26. The highest BCUT2D eigenvalue weighted by molar-refractivity contribution is 5.82. The summed E-state index contributed by atoms with van der Waals surface area (Å²) in [5.41, 5.74) is 8.17. The number of ether oxygens (including phenoxy) is 1. The summed E-state index contributed by atoms with van der Waals surface area (Å²) >= 11 is 0. The van der Waals surface area contributed by atoms with Gasteiger partial charge in [0, 0.05) is 0 Å². The number of benzene rings is 1. The second kappa shape index (κ2) is 5.48. The SMILES string of the molecule is Cc1ccc(CC(=O)O[C@H](C)C(N)=O)cc1C. The van der Waals surface area contributed by atoms with E-state index in [1.54, 1.807) is 0 Å². The summed E-state index contributed by atoms with van der Waals surface area (Å²) in [7, 11) is 0. The maximum absolute atomic E-state index is 11.5. The van der Waals surface area contributed by atoms with Crippen molar-refractivity contribution in [1.29, 1.82) is 0 Å². The van der Waals surface area contributed by atoms with E-state index in [4.69, 9.17) is 10.5 Å². The molecule has 4 nitrogen and oxygen atoms in total. The molecular weight excluding hydrogens is 218 g/mol. The molecule has 1 aromatic carbocycles. The molecule has 0 heterocycles. The lowest BCUT2D eigenvalue weighted by Gasteiger charge is -2.10. The first kappa shape index (κ1) is 13.2. The van der Waals surface area contributed by atoms with E-state index in [2.05, 4.69) is 0 Å². The van der Waals surface area contributed by atoms with Gasteiger partial charge in [-0.1, -0.05) is 18.2 Å². The van der Waals surface area contributed by atoms with Crippen molar-refractivity contribution < 1.29 is 14.3 Å². The molecule has 0 saturated heterocycles. The second-order valence-electron chi connectivity index (χ2n) is 4.13. The van der Waals surface area contributed by atoms with E-state index in [1.165, 1.54) is 12.5 Å². The number of rotatable bonds is 4.